The predicted octanol–water partition coefficient (Wildman–Crippen LogP) is 1.44. The fourth-order valence-corrected chi connectivity index (χ4v) is 2.59. The van der Waals surface area contributed by atoms with Gasteiger partial charge in [0.05, 0.1) is 24.9 Å². The number of methoxy groups -OCH3 is 1. The standard InChI is InChI=1S/C16H18N2O4S/c1-22-16(19)14-7-8-15(17-11-14)12-18(23(20)21)10-9-13-5-3-2-4-6-13/h2-8,11,23H,9-10,12H2,1H3. The highest BCUT2D eigenvalue weighted by atomic mass is 32.2. The molecule has 1 aromatic heterocycles. The smallest absolute Gasteiger partial charge is 0.339 e. The van der Waals surface area contributed by atoms with Crippen molar-refractivity contribution in [2.75, 3.05) is 13.7 Å². The molecular formula is C16H18N2O4S. The van der Waals surface area contributed by atoms with Gasteiger partial charge in [-0.05, 0) is 24.1 Å². The molecule has 1 heterocycles. The first-order valence-electron chi connectivity index (χ1n) is 7.06. The quantitative estimate of drug-likeness (QED) is 0.612. The molecule has 1 aromatic carbocycles. The lowest BCUT2D eigenvalue weighted by Crippen LogP contribution is -2.24. The van der Waals surface area contributed by atoms with E-state index in [1.165, 1.54) is 17.6 Å². The summed E-state index contributed by atoms with van der Waals surface area (Å²) >= 11 is 0. The number of carbonyl (C=O) groups is 1. The largest absolute Gasteiger partial charge is 0.465 e. The van der Waals surface area contributed by atoms with Crippen molar-refractivity contribution in [3.63, 3.8) is 0 Å². The molecule has 0 unspecified atom stereocenters. The lowest BCUT2D eigenvalue weighted by molar-refractivity contribution is 0.0600. The molecule has 0 aliphatic rings. The fourth-order valence-electron chi connectivity index (χ4n) is 2.06. The van der Waals surface area contributed by atoms with Crippen LogP contribution in [-0.2, 0) is 28.6 Å². The lowest BCUT2D eigenvalue weighted by Gasteiger charge is -2.15. The molecule has 122 valence electrons. The number of hydrogen-bond donors (Lipinski definition) is 1. The Labute approximate surface area is 136 Å². The summed E-state index contributed by atoms with van der Waals surface area (Å²) in [6.45, 7) is 0.552. The van der Waals surface area contributed by atoms with Crippen molar-refractivity contribution in [1.29, 1.82) is 0 Å². The van der Waals surface area contributed by atoms with Gasteiger partial charge in [0.1, 0.15) is 0 Å². The van der Waals surface area contributed by atoms with Crippen molar-refractivity contribution in [3.05, 3.63) is 65.5 Å². The highest BCUT2D eigenvalue weighted by Gasteiger charge is 2.11. The lowest BCUT2D eigenvalue weighted by atomic mass is 10.1. The second kappa shape index (κ2) is 8.40. The van der Waals surface area contributed by atoms with E-state index >= 15 is 0 Å². The number of benzene rings is 1. The second-order valence-corrected chi connectivity index (χ2v) is 5.93. The molecule has 0 radical (unpaired) electrons. The topological polar surface area (TPSA) is 76.6 Å². The predicted molar refractivity (Wildman–Crippen MR) is 86.4 cm³/mol. The van der Waals surface area contributed by atoms with Crippen LogP contribution in [0.25, 0.3) is 0 Å². The van der Waals surface area contributed by atoms with Gasteiger partial charge in [0.15, 0.2) is 0 Å². The highest BCUT2D eigenvalue weighted by molar-refractivity contribution is 7.69. The number of aromatic nitrogens is 1. The van der Waals surface area contributed by atoms with Crippen molar-refractivity contribution in [3.8, 4) is 0 Å². The molecule has 0 amide bonds. The maximum Gasteiger partial charge on any atom is 0.339 e. The zero-order valence-electron chi connectivity index (χ0n) is 12.7. The Kier molecular flexibility index (Phi) is 6.25. The molecule has 6 nitrogen and oxygen atoms in total. The number of hydrogen-bond acceptors (Lipinski definition) is 5. The van der Waals surface area contributed by atoms with E-state index in [-0.39, 0.29) is 6.54 Å². The third-order valence-corrected chi connectivity index (χ3v) is 4.13. The summed E-state index contributed by atoms with van der Waals surface area (Å²) < 4.78 is 28.7. The maximum absolute atomic E-state index is 11.4. The minimum absolute atomic E-state index is 0.174. The average Bonchev–Trinajstić information content (AvgIpc) is 2.59. The van der Waals surface area contributed by atoms with Crippen molar-refractivity contribution < 1.29 is 17.9 Å². The third kappa shape index (κ3) is 5.15. The van der Waals surface area contributed by atoms with Crippen LogP contribution in [-0.4, -0.2) is 37.3 Å². The molecule has 0 N–H and O–H groups in total. The van der Waals surface area contributed by atoms with Crippen LogP contribution in [0.4, 0.5) is 0 Å². The van der Waals surface area contributed by atoms with Gasteiger partial charge in [-0.1, -0.05) is 30.3 Å². The summed E-state index contributed by atoms with van der Waals surface area (Å²) in [7, 11) is -1.41. The van der Waals surface area contributed by atoms with Crippen LogP contribution >= 0.6 is 0 Å². The Morgan fingerprint density at radius 2 is 1.91 bits per heavy atom. The van der Waals surface area contributed by atoms with E-state index in [1.807, 2.05) is 30.3 Å². The van der Waals surface area contributed by atoms with E-state index in [9.17, 15) is 13.2 Å². The van der Waals surface area contributed by atoms with Crippen molar-refractivity contribution in [2.24, 2.45) is 0 Å². The second-order valence-electron chi connectivity index (χ2n) is 4.89. The summed E-state index contributed by atoms with van der Waals surface area (Å²) in [5, 5.41) is 0. The monoisotopic (exact) mass is 334 g/mol. The first kappa shape index (κ1) is 17.1. The first-order valence-corrected chi connectivity index (χ1v) is 8.19. The van der Waals surface area contributed by atoms with Gasteiger partial charge in [0, 0.05) is 12.7 Å². The molecule has 0 aliphatic heterocycles. The van der Waals surface area contributed by atoms with Gasteiger partial charge >= 0.3 is 5.97 Å². The zero-order chi connectivity index (χ0) is 16.7. The van der Waals surface area contributed by atoms with Gasteiger partial charge in [-0.3, -0.25) is 4.98 Å². The number of pyridine rings is 1. The van der Waals surface area contributed by atoms with Gasteiger partial charge in [0.2, 0.25) is 10.9 Å². The van der Waals surface area contributed by atoms with Gasteiger partial charge in [-0.2, -0.15) is 4.31 Å². The van der Waals surface area contributed by atoms with Crippen molar-refractivity contribution in [1.82, 2.24) is 9.29 Å². The van der Waals surface area contributed by atoms with Crippen LogP contribution in [0.2, 0.25) is 0 Å². The summed E-state index contributed by atoms with van der Waals surface area (Å²) in [5.41, 5.74) is 1.98. The van der Waals surface area contributed by atoms with Gasteiger partial charge in [-0.25, -0.2) is 13.2 Å². The molecule has 0 saturated carbocycles. The average molecular weight is 334 g/mol. The van der Waals surface area contributed by atoms with Crippen LogP contribution in [0.5, 0.6) is 0 Å². The Morgan fingerprint density at radius 3 is 2.48 bits per heavy atom. The van der Waals surface area contributed by atoms with E-state index < -0.39 is 16.9 Å². The SMILES string of the molecule is COC(=O)c1ccc(CN(CCc2ccccc2)[SH](=O)=O)nc1. The summed E-state index contributed by atoms with van der Waals surface area (Å²) in [6, 6.07) is 12.9. The minimum Gasteiger partial charge on any atom is -0.465 e. The molecule has 0 saturated heterocycles. The molecule has 0 spiro atoms. The van der Waals surface area contributed by atoms with E-state index in [0.29, 0.717) is 24.2 Å². The normalized spacial score (nSPS) is 10.9. The van der Waals surface area contributed by atoms with E-state index in [0.717, 1.165) is 5.56 Å². The summed E-state index contributed by atoms with van der Waals surface area (Å²) in [6.07, 6.45) is 2.01. The minimum atomic E-state index is -2.71. The van der Waals surface area contributed by atoms with Crippen LogP contribution < -0.4 is 0 Å². The van der Waals surface area contributed by atoms with Gasteiger partial charge in [-0.15, -0.1) is 0 Å². The highest BCUT2D eigenvalue weighted by Crippen LogP contribution is 2.07. The molecule has 0 fully saturated rings. The molecule has 2 aromatic rings. The fraction of sp³-hybridized carbons (Fsp3) is 0.250. The van der Waals surface area contributed by atoms with Crippen molar-refractivity contribution in [2.45, 2.75) is 13.0 Å². The number of rotatable bonds is 7. The third-order valence-electron chi connectivity index (χ3n) is 3.32. The molecule has 2 rings (SSSR count). The molecule has 0 aliphatic carbocycles. The summed E-state index contributed by atoms with van der Waals surface area (Å²) in [5.74, 6) is -0.472. The number of ether oxygens (including phenoxy) is 1. The Balaban J connectivity index is 2.00. The molecule has 0 bridgehead atoms. The summed E-state index contributed by atoms with van der Waals surface area (Å²) in [4.78, 5) is 15.5. The number of nitrogens with zero attached hydrogens (tertiary/aromatic N) is 2. The van der Waals surface area contributed by atoms with Crippen LogP contribution in [0.3, 0.4) is 0 Å². The molecular weight excluding hydrogens is 316 g/mol. The van der Waals surface area contributed by atoms with E-state index in [2.05, 4.69) is 9.72 Å². The number of esters is 1. The van der Waals surface area contributed by atoms with Crippen LogP contribution in [0, 0.1) is 0 Å². The maximum atomic E-state index is 11.4. The Morgan fingerprint density at radius 1 is 1.17 bits per heavy atom. The van der Waals surface area contributed by atoms with E-state index in [4.69, 9.17) is 0 Å². The molecule has 7 heteroatoms. The Hall–Kier alpha value is -2.25. The number of carbonyl (C=O) groups excluding carboxylic acids is 1. The van der Waals surface area contributed by atoms with Gasteiger partial charge < -0.3 is 4.74 Å². The first-order chi connectivity index (χ1) is 11.1. The zero-order valence-corrected chi connectivity index (χ0v) is 13.6. The van der Waals surface area contributed by atoms with Crippen LogP contribution in [0.15, 0.2) is 48.7 Å². The van der Waals surface area contributed by atoms with E-state index in [1.54, 1.807) is 12.1 Å². The van der Waals surface area contributed by atoms with Crippen LogP contribution in [0.1, 0.15) is 21.6 Å². The Bertz CT molecular complexity index is 707. The van der Waals surface area contributed by atoms with Gasteiger partial charge in [0.25, 0.3) is 0 Å². The molecule has 0 atom stereocenters. The molecule has 23 heavy (non-hydrogen) atoms. The number of thiol groups is 1. The van der Waals surface area contributed by atoms with Crippen molar-refractivity contribution >= 4 is 16.9 Å².